The summed E-state index contributed by atoms with van der Waals surface area (Å²) >= 11 is 0. The monoisotopic (exact) mass is 277 g/mol. The van der Waals surface area contributed by atoms with Crippen LogP contribution in [-0.2, 0) is 11.3 Å². The third-order valence-electron chi connectivity index (χ3n) is 3.72. The first-order valence-electron chi connectivity index (χ1n) is 7.15. The first-order valence-corrected chi connectivity index (χ1v) is 7.15. The highest BCUT2D eigenvalue weighted by Crippen LogP contribution is 2.24. The van der Waals surface area contributed by atoms with Gasteiger partial charge in [0.1, 0.15) is 5.75 Å². The summed E-state index contributed by atoms with van der Waals surface area (Å²) < 4.78 is 11.1. The van der Waals surface area contributed by atoms with Gasteiger partial charge in [0.25, 0.3) is 0 Å². The number of carbonyl (C=O) groups excluding carboxylic acids is 1. The lowest BCUT2D eigenvalue weighted by Gasteiger charge is -2.18. The molecule has 1 aliphatic heterocycles. The van der Waals surface area contributed by atoms with Crippen LogP contribution in [-0.4, -0.2) is 43.6 Å². The normalized spacial score (nSPS) is 19.2. The Morgan fingerprint density at radius 1 is 1.45 bits per heavy atom. The van der Waals surface area contributed by atoms with E-state index in [0.717, 1.165) is 42.9 Å². The summed E-state index contributed by atoms with van der Waals surface area (Å²) in [5.41, 5.74) is 1.82. The number of likely N-dealkylation sites (tertiary alicyclic amines) is 1. The Hall–Kier alpha value is -1.39. The Bertz CT molecular complexity index is 473. The van der Waals surface area contributed by atoms with Crippen molar-refractivity contribution in [3.8, 4) is 5.75 Å². The van der Waals surface area contributed by atoms with Gasteiger partial charge in [-0.05, 0) is 38.5 Å². The van der Waals surface area contributed by atoms with Gasteiger partial charge in [0.05, 0.1) is 12.7 Å². The molecule has 1 aromatic rings. The third-order valence-corrected chi connectivity index (χ3v) is 3.72. The predicted molar refractivity (Wildman–Crippen MR) is 78.3 cm³/mol. The van der Waals surface area contributed by atoms with E-state index in [1.165, 1.54) is 0 Å². The number of hydrogen-bond acceptors (Lipinski definition) is 4. The minimum atomic E-state index is 0.0884. The summed E-state index contributed by atoms with van der Waals surface area (Å²) in [6.45, 7) is 6.96. The standard InChI is InChI=1S/C16H23NO3/c1-4-20-16-6-5-13(12(2)18)9-14(16)10-17-8-7-15(11-17)19-3/h5-6,9,15H,4,7-8,10-11H2,1-3H3. The number of nitrogens with zero attached hydrogens (tertiary/aromatic N) is 1. The molecule has 0 aliphatic carbocycles. The molecule has 20 heavy (non-hydrogen) atoms. The van der Waals surface area contributed by atoms with E-state index in [0.29, 0.717) is 12.7 Å². The molecule has 1 atom stereocenters. The SMILES string of the molecule is CCOc1ccc(C(C)=O)cc1CN1CCC(OC)C1. The zero-order valence-corrected chi connectivity index (χ0v) is 12.5. The van der Waals surface area contributed by atoms with Gasteiger partial charge in [-0.15, -0.1) is 0 Å². The van der Waals surface area contributed by atoms with Crippen LogP contribution in [0.2, 0.25) is 0 Å². The average Bonchev–Trinajstić information content (AvgIpc) is 2.88. The molecule has 1 aromatic carbocycles. The predicted octanol–water partition coefficient (Wildman–Crippen LogP) is 2.51. The summed E-state index contributed by atoms with van der Waals surface area (Å²) in [7, 11) is 1.76. The molecule has 0 saturated carbocycles. The van der Waals surface area contributed by atoms with E-state index < -0.39 is 0 Å². The number of ketones is 1. The van der Waals surface area contributed by atoms with Gasteiger partial charge in [0.2, 0.25) is 0 Å². The Balaban J connectivity index is 2.15. The van der Waals surface area contributed by atoms with Crippen molar-refractivity contribution in [3.05, 3.63) is 29.3 Å². The lowest BCUT2D eigenvalue weighted by Crippen LogP contribution is -2.23. The van der Waals surface area contributed by atoms with E-state index in [1.54, 1.807) is 14.0 Å². The highest BCUT2D eigenvalue weighted by Gasteiger charge is 2.23. The van der Waals surface area contributed by atoms with Crippen molar-refractivity contribution in [1.29, 1.82) is 0 Å². The number of hydrogen-bond donors (Lipinski definition) is 0. The fourth-order valence-corrected chi connectivity index (χ4v) is 2.59. The van der Waals surface area contributed by atoms with Gasteiger partial charge in [0, 0.05) is 37.9 Å². The second kappa shape index (κ2) is 6.86. The first kappa shape index (κ1) is 15.0. The number of methoxy groups -OCH3 is 1. The highest BCUT2D eigenvalue weighted by molar-refractivity contribution is 5.94. The van der Waals surface area contributed by atoms with Gasteiger partial charge in [-0.25, -0.2) is 0 Å². The summed E-state index contributed by atoms with van der Waals surface area (Å²) in [5.74, 6) is 0.962. The zero-order valence-electron chi connectivity index (χ0n) is 12.5. The Kier molecular flexibility index (Phi) is 5.15. The van der Waals surface area contributed by atoms with Gasteiger partial charge in [-0.2, -0.15) is 0 Å². The highest BCUT2D eigenvalue weighted by atomic mass is 16.5. The van der Waals surface area contributed by atoms with Crippen molar-refractivity contribution < 1.29 is 14.3 Å². The van der Waals surface area contributed by atoms with Gasteiger partial charge in [-0.3, -0.25) is 9.69 Å². The molecule has 1 saturated heterocycles. The molecule has 4 nitrogen and oxygen atoms in total. The molecule has 0 N–H and O–H groups in total. The van der Waals surface area contributed by atoms with Crippen molar-refractivity contribution in [2.75, 3.05) is 26.8 Å². The first-order chi connectivity index (χ1) is 9.63. The van der Waals surface area contributed by atoms with Gasteiger partial charge >= 0.3 is 0 Å². The minimum absolute atomic E-state index is 0.0884. The molecule has 0 aromatic heterocycles. The maximum Gasteiger partial charge on any atom is 0.159 e. The van der Waals surface area contributed by atoms with Crippen LogP contribution in [0.4, 0.5) is 0 Å². The molecular formula is C16H23NO3. The molecular weight excluding hydrogens is 254 g/mol. The van der Waals surface area contributed by atoms with E-state index in [1.807, 2.05) is 25.1 Å². The Morgan fingerprint density at radius 2 is 2.25 bits per heavy atom. The van der Waals surface area contributed by atoms with Crippen molar-refractivity contribution in [3.63, 3.8) is 0 Å². The molecule has 1 fully saturated rings. The molecule has 4 heteroatoms. The maximum absolute atomic E-state index is 11.5. The molecule has 1 heterocycles. The molecule has 1 aliphatic rings. The summed E-state index contributed by atoms with van der Waals surface area (Å²) in [5, 5.41) is 0. The fourth-order valence-electron chi connectivity index (χ4n) is 2.59. The average molecular weight is 277 g/mol. The van der Waals surface area contributed by atoms with E-state index >= 15 is 0 Å². The number of Topliss-reactive ketones (excluding diaryl/α,β-unsaturated/α-hetero) is 1. The molecule has 0 spiro atoms. The van der Waals surface area contributed by atoms with E-state index in [9.17, 15) is 4.79 Å². The van der Waals surface area contributed by atoms with E-state index in [2.05, 4.69) is 4.90 Å². The summed E-state index contributed by atoms with van der Waals surface area (Å²) in [6, 6.07) is 5.69. The van der Waals surface area contributed by atoms with Gasteiger partial charge in [0.15, 0.2) is 5.78 Å². The van der Waals surface area contributed by atoms with Crippen molar-refractivity contribution >= 4 is 5.78 Å². The lowest BCUT2D eigenvalue weighted by atomic mass is 10.1. The zero-order chi connectivity index (χ0) is 14.5. The van der Waals surface area contributed by atoms with Crippen LogP contribution in [0.25, 0.3) is 0 Å². The van der Waals surface area contributed by atoms with Crippen LogP contribution in [0.15, 0.2) is 18.2 Å². The molecule has 110 valence electrons. The van der Waals surface area contributed by atoms with Crippen LogP contribution in [0, 0.1) is 0 Å². The van der Waals surface area contributed by atoms with Crippen molar-refractivity contribution in [1.82, 2.24) is 4.90 Å². The Labute approximate surface area is 120 Å². The van der Waals surface area contributed by atoms with E-state index in [-0.39, 0.29) is 5.78 Å². The largest absolute Gasteiger partial charge is 0.494 e. The number of ether oxygens (including phenoxy) is 2. The van der Waals surface area contributed by atoms with Gasteiger partial charge in [-0.1, -0.05) is 0 Å². The van der Waals surface area contributed by atoms with Crippen LogP contribution in [0.3, 0.4) is 0 Å². The second-order valence-corrected chi connectivity index (χ2v) is 5.19. The second-order valence-electron chi connectivity index (χ2n) is 5.19. The summed E-state index contributed by atoms with van der Waals surface area (Å²) in [4.78, 5) is 13.9. The van der Waals surface area contributed by atoms with Crippen molar-refractivity contribution in [2.45, 2.75) is 32.9 Å². The van der Waals surface area contributed by atoms with Crippen LogP contribution in [0.5, 0.6) is 5.75 Å². The van der Waals surface area contributed by atoms with Crippen LogP contribution in [0.1, 0.15) is 36.2 Å². The topological polar surface area (TPSA) is 38.8 Å². The molecule has 1 unspecified atom stereocenters. The smallest absolute Gasteiger partial charge is 0.159 e. The molecule has 0 radical (unpaired) electrons. The third kappa shape index (κ3) is 3.58. The fraction of sp³-hybridized carbons (Fsp3) is 0.562. The number of carbonyl (C=O) groups is 1. The minimum Gasteiger partial charge on any atom is -0.494 e. The van der Waals surface area contributed by atoms with Crippen LogP contribution >= 0.6 is 0 Å². The van der Waals surface area contributed by atoms with E-state index in [4.69, 9.17) is 9.47 Å². The maximum atomic E-state index is 11.5. The van der Waals surface area contributed by atoms with Crippen LogP contribution < -0.4 is 4.74 Å². The lowest BCUT2D eigenvalue weighted by molar-refractivity contribution is 0.101. The quantitative estimate of drug-likeness (QED) is 0.749. The number of benzene rings is 1. The molecule has 2 rings (SSSR count). The van der Waals surface area contributed by atoms with Crippen molar-refractivity contribution in [2.24, 2.45) is 0 Å². The Morgan fingerprint density at radius 3 is 2.85 bits per heavy atom. The number of rotatable bonds is 6. The molecule has 0 amide bonds. The summed E-state index contributed by atoms with van der Waals surface area (Å²) in [6.07, 6.45) is 1.38. The molecule has 0 bridgehead atoms. The van der Waals surface area contributed by atoms with Gasteiger partial charge < -0.3 is 9.47 Å².